The fourth-order valence-electron chi connectivity index (χ4n) is 3.13. The van der Waals surface area contributed by atoms with Crippen LogP contribution < -0.4 is 0 Å². The summed E-state index contributed by atoms with van der Waals surface area (Å²) in [6.07, 6.45) is 0. The second-order valence-electron chi connectivity index (χ2n) is 6.58. The average molecular weight is 407 g/mol. The zero-order valence-corrected chi connectivity index (χ0v) is 16.2. The molecule has 0 spiro atoms. The van der Waals surface area contributed by atoms with Crippen molar-refractivity contribution in [3.05, 3.63) is 77.1 Å². The minimum absolute atomic E-state index is 0.0915. The van der Waals surface area contributed by atoms with Gasteiger partial charge in [-0.25, -0.2) is 9.37 Å². The van der Waals surface area contributed by atoms with Gasteiger partial charge in [-0.15, -0.1) is 11.3 Å². The third-order valence-electron chi connectivity index (χ3n) is 4.68. The van der Waals surface area contributed by atoms with Crippen LogP contribution in [0.5, 0.6) is 0 Å². The van der Waals surface area contributed by atoms with Gasteiger partial charge in [0.15, 0.2) is 5.84 Å². The van der Waals surface area contributed by atoms with Crippen molar-refractivity contribution in [1.82, 2.24) is 14.8 Å². The van der Waals surface area contributed by atoms with E-state index in [9.17, 15) is 9.18 Å². The number of carbonyl (C=O) groups is 1. The molecular formula is C21H18FN5OS. The Hall–Kier alpha value is -3.39. The van der Waals surface area contributed by atoms with E-state index in [4.69, 9.17) is 10.8 Å². The lowest BCUT2D eigenvalue weighted by Gasteiger charge is -2.36. The van der Waals surface area contributed by atoms with Gasteiger partial charge in [-0.3, -0.25) is 15.6 Å². The molecule has 4 rings (SSSR count). The molecule has 0 aliphatic carbocycles. The number of hydrogen-bond acceptors (Lipinski definition) is 5. The minimum Gasteiger partial charge on any atom is -0.329 e. The highest BCUT2D eigenvalue weighted by Crippen LogP contribution is 2.24. The molecule has 0 radical (unpaired) electrons. The quantitative estimate of drug-likeness (QED) is 0.513. The summed E-state index contributed by atoms with van der Waals surface area (Å²) in [6, 6.07) is 15.1. The van der Waals surface area contributed by atoms with Crippen molar-refractivity contribution in [2.24, 2.45) is 0 Å². The fraction of sp³-hybridized carbons (Fsp3) is 0.143. The fourth-order valence-corrected chi connectivity index (χ4v) is 3.94. The van der Waals surface area contributed by atoms with E-state index in [0.29, 0.717) is 24.3 Å². The zero-order chi connectivity index (χ0) is 20.4. The topological polar surface area (TPSA) is 84.1 Å². The number of amides is 1. The van der Waals surface area contributed by atoms with E-state index in [1.54, 1.807) is 4.90 Å². The second-order valence-corrected chi connectivity index (χ2v) is 7.44. The number of benzene rings is 2. The summed E-state index contributed by atoms with van der Waals surface area (Å²) in [6.45, 7) is 0.799. The molecule has 146 valence electrons. The van der Waals surface area contributed by atoms with Crippen LogP contribution in [0.4, 0.5) is 4.39 Å². The molecule has 8 heteroatoms. The van der Waals surface area contributed by atoms with Crippen LogP contribution in [0, 0.1) is 16.6 Å². The largest absolute Gasteiger partial charge is 0.329 e. The first kappa shape index (κ1) is 18.9. The molecule has 2 heterocycles. The van der Waals surface area contributed by atoms with Crippen molar-refractivity contribution in [3.63, 3.8) is 0 Å². The van der Waals surface area contributed by atoms with Crippen LogP contribution in [-0.2, 0) is 0 Å². The van der Waals surface area contributed by atoms with Gasteiger partial charge in [0.25, 0.3) is 5.91 Å². The molecule has 3 aromatic rings. The van der Waals surface area contributed by atoms with Gasteiger partial charge < -0.3 is 9.80 Å². The number of carbonyl (C=O) groups excluding carboxylic acids is 1. The van der Waals surface area contributed by atoms with Crippen molar-refractivity contribution < 1.29 is 9.18 Å². The Kier molecular flexibility index (Phi) is 5.18. The number of amidine groups is 2. The number of thiazole rings is 1. The summed E-state index contributed by atoms with van der Waals surface area (Å²) < 4.78 is 13.1. The molecular weight excluding hydrogens is 389 g/mol. The number of halogens is 1. The van der Waals surface area contributed by atoms with Crippen LogP contribution >= 0.6 is 11.3 Å². The Morgan fingerprint density at radius 1 is 1.07 bits per heavy atom. The van der Waals surface area contributed by atoms with Crippen LogP contribution in [0.2, 0.25) is 0 Å². The number of aromatic nitrogens is 1. The monoisotopic (exact) mass is 407 g/mol. The Labute approximate surface area is 171 Å². The van der Waals surface area contributed by atoms with Gasteiger partial charge in [-0.1, -0.05) is 30.3 Å². The summed E-state index contributed by atoms with van der Waals surface area (Å²) in [5.41, 5.74) is 1.88. The lowest BCUT2D eigenvalue weighted by molar-refractivity contribution is 0.0757. The third kappa shape index (κ3) is 3.93. The maximum absolute atomic E-state index is 13.1. The molecule has 0 bridgehead atoms. The van der Waals surface area contributed by atoms with E-state index >= 15 is 0 Å². The number of rotatable bonds is 3. The van der Waals surface area contributed by atoms with Gasteiger partial charge in [0.1, 0.15) is 22.4 Å². The Morgan fingerprint density at radius 3 is 2.48 bits per heavy atom. The van der Waals surface area contributed by atoms with E-state index < -0.39 is 5.82 Å². The summed E-state index contributed by atoms with van der Waals surface area (Å²) in [5, 5.41) is 19.4. The maximum atomic E-state index is 13.1. The standard InChI is InChI=1S/C21H18FN5OS/c22-16-8-6-15(7-9-16)21(28)26-10-11-27(18(23)12-26)19(24)17-13-29-20(25-17)14-4-2-1-3-5-14/h1-9,13,23-24H,10-12H2. The van der Waals surface area contributed by atoms with Crippen molar-refractivity contribution in [2.45, 2.75) is 0 Å². The Bertz CT molecular complexity index is 1060. The number of hydrogen-bond donors (Lipinski definition) is 2. The number of nitrogens with zero attached hydrogens (tertiary/aromatic N) is 3. The highest BCUT2D eigenvalue weighted by Gasteiger charge is 2.29. The van der Waals surface area contributed by atoms with Crippen molar-refractivity contribution in [2.75, 3.05) is 19.6 Å². The molecule has 0 saturated carbocycles. The SMILES string of the molecule is N=C1CN(C(=O)c2ccc(F)cc2)CCN1C(=N)c1csc(-c2ccccc2)n1. The van der Waals surface area contributed by atoms with E-state index in [-0.39, 0.29) is 24.1 Å². The average Bonchev–Trinajstić information content (AvgIpc) is 3.24. The van der Waals surface area contributed by atoms with Crippen LogP contribution in [-0.4, -0.2) is 52.0 Å². The highest BCUT2D eigenvalue weighted by molar-refractivity contribution is 7.13. The number of nitrogens with one attached hydrogen (secondary N) is 2. The molecule has 1 aliphatic rings. The van der Waals surface area contributed by atoms with Gasteiger partial charge >= 0.3 is 0 Å². The lowest BCUT2D eigenvalue weighted by Crippen LogP contribution is -2.54. The maximum Gasteiger partial charge on any atom is 0.254 e. The second kappa shape index (κ2) is 7.92. The zero-order valence-electron chi connectivity index (χ0n) is 15.4. The molecule has 29 heavy (non-hydrogen) atoms. The molecule has 0 atom stereocenters. The van der Waals surface area contributed by atoms with Crippen LogP contribution in [0.3, 0.4) is 0 Å². The van der Waals surface area contributed by atoms with E-state index in [1.165, 1.54) is 40.5 Å². The summed E-state index contributed by atoms with van der Waals surface area (Å²) in [7, 11) is 0. The molecule has 1 saturated heterocycles. The normalized spacial score (nSPS) is 14.2. The predicted molar refractivity (Wildman–Crippen MR) is 111 cm³/mol. The summed E-state index contributed by atoms with van der Waals surface area (Å²) in [4.78, 5) is 20.2. The van der Waals surface area contributed by atoms with Gasteiger partial charge in [-0.05, 0) is 24.3 Å². The third-order valence-corrected chi connectivity index (χ3v) is 5.57. The lowest BCUT2D eigenvalue weighted by atomic mass is 10.1. The number of piperazine rings is 1. The van der Waals surface area contributed by atoms with E-state index in [0.717, 1.165) is 10.6 Å². The van der Waals surface area contributed by atoms with Crippen molar-refractivity contribution in [1.29, 1.82) is 10.8 Å². The first-order valence-electron chi connectivity index (χ1n) is 9.02. The molecule has 6 nitrogen and oxygen atoms in total. The van der Waals surface area contributed by atoms with Crippen LogP contribution in [0.15, 0.2) is 60.0 Å². The van der Waals surface area contributed by atoms with Crippen LogP contribution in [0.25, 0.3) is 10.6 Å². The van der Waals surface area contributed by atoms with Gasteiger partial charge in [0, 0.05) is 29.6 Å². The van der Waals surface area contributed by atoms with Crippen molar-refractivity contribution in [3.8, 4) is 10.6 Å². The molecule has 1 aromatic heterocycles. The predicted octanol–water partition coefficient (Wildman–Crippen LogP) is 3.71. The molecule has 0 unspecified atom stereocenters. The molecule has 2 aromatic carbocycles. The van der Waals surface area contributed by atoms with Crippen molar-refractivity contribution >= 4 is 28.9 Å². The highest BCUT2D eigenvalue weighted by atomic mass is 32.1. The Balaban J connectivity index is 1.44. The van der Waals surface area contributed by atoms with Gasteiger partial charge in [0.05, 0.1) is 6.54 Å². The van der Waals surface area contributed by atoms with Gasteiger partial charge in [0.2, 0.25) is 0 Å². The Morgan fingerprint density at radius 2 is 1.79 bits per heavy atom. The molecule has 2 N–H and O–H groups in total. The van der Waals surface area contributed by atoms with E-state index in [2.05, 4.69) is 4.98 Å². The van der Waals surface area contributed by atoms with Gasteiger partial charge in [-0.2, -0.15) is 0 Å². The summed E-state index contributed by atoms with van der Waals surface area (Å²) in [5.74, 6) is -0.333. The smallest absolute Gasteiger partial charge is 0.254 e. The minimum atomic E-state index is -0.398. The van der Waals surface area contributed by atoms with Crippen LogP contribution in [0.1, 0.15) is 16.1 Å². The molecule has 1 fully saturated rings. The molecule has 1 aliphatic heterocycles. The summed E-state index contributed by atoms with van der Waals surface area (Å²) >= 11 is 1.46. The first-order valence-corrected chi connectivity index (χ1v) is 9.90. The first-order chi connectivity index (χ1) is 14.0. The van der Waals surface area contributed by atoms with E-state index in [1.807, 2.05) is 35.7 Å². The molecule has 1 amide bonds.